The lowest BCUT2D eigenvalue weighted by atomic mass is 10.2. The van der Waals surface area contributed by atoms with E-state index in [1.54, 1.807) is 35.0 Å². The molecule has 0 fully saturated rings. The number of aliphatic hydroxyl groups is 1. The molecule has 0 bridgehead atoms. The first-order chi connectivity index (χ1) is 15.9. The number of aryl methyl sites for hydroxylation is 1. The standard InChI is InChI=1S/C26H26N2O4S/c1-20-11-13-24(14-12-20)33(31,32)28(15-21-7-3-2-4-8-21)18-23(30)17-27-16-22(19-29)25-9-5-6-10-26(25)27/h2-14,16,19,23,30H,15,17-18H2,1H3/t23-/m0/s1. The van der Waals surface area contributed by atoms with Crippen LogP contribution in [0.3, 0.4) is 0 Å². The van der Waals surface area contributed by atoms with E-state index in [9.17, 15) is 18.3 Å². The number of rotatable bonds is 9. The summed E-state index contributed by atoms with van der Waals surface area (Å²) < 4.78 is 30.0. The van der Waals surface area contributed by atoms with Gasteiger partial charge in [0.05, 0.1) is 11.0 Å². The summed E-state index contributed by atoms with van der Waals surface area (Å²) in [6, 6.07) is 23.5. The minimum absolute atomic E-state index is 0.0893. The third-order valence-corrected chi connectivity index (χ3v) is 7.45. The Morgan fingerprint density at radius 2 is 1.64 bits per heavy atom. The van der Waals surface area contributed by atoms with Gasteiger partial charge in [-0.05, 0) is 30.7 Å². The lowest BCUT2D eigenvalue weighted by Gasteiger charge is -2.25. The van der Waals surface area contributed by atoms with Crippen LogP contribution in [0.25, 0.3) is 10.9 Å². The lowest BCUT2D eigenvalue weighted by Crippen LogP contribution is -2.38. The summed E-state index contributed by atoms with van der Waals surface area (Å²) in [6.07, 6.45) is 1.50. The van der Waals surface area contributed by atoms with Crippen LogP contribution in [0.5, 0.6) is 0 Å². The Morgan fingerprint density at radius 1 is 0.970 bits per heavy atom. The molecule has 1 heterocycles. The van der Waals surface area contributed by atoms with E-state index in [4.69, 9.17) is 0 Å². The Hall–Kier alpha value is -3.26. The molecule has 0 amide bonds. The van der Waals surface area contributed by atoms with Crippen LogP contribution in [0, 0.1) is 6.92 Å². The van der Waals surface area contributed by atoms with Crippen molar-refractivity contribution in [1.82, 2.24) is 8.87 Å². The number of sulfonamides is 1. The van der Waals surface area contributed by atoms with Gasteiger partial charge in [-0.2, -0.15) is 4.31 Å². The van der Waals surface area contributed by atoms with Crippen LogP contribution in [0.4, 0.5) is 0 Å². The normalized spacial score (nSPS) is 12.8. The number of nitrogens with zero attached hydrogens (tertiary/aromatic N) is 2. The fourth-order valence-corrected chi connectivity index (χ4v) is 5.40. The highest BCUT2D eigenvalue weighted by atomic mass is 32.2. The predicted molar refractivity (Wildman–Crippen MR) is 129 cm³/mol. The molecule has 1 aromatic heterocycles. The number of aldehydes is 1. The van der Waals surface area contributed by atoms with Crippen molar-refractivity contribution in [3.8, 4) is 0 Å². The minimum Gasteiger partial charge on any atom is -0.390 e. The molecule has 0 aliphatic heterocycles. The van der Waals surface area contributed by atoms with Gasteiger partial charge < -0.3 is 9.67 Å². The number of hydrogen-bond donors (Lipinski definition) is 1. The zero-order valence-corrected chi connectivity index (χ0v) is 19.2. The van der Waals surface area contributed by atoms with Crippen molar-refractivity contribution < 1.29 is 18.3 Å². The van der Waals surface area contributed by atoms with Gasteiger partial charge in [0, 0.05) is 42.3 Å². The average molecular weight is 463 g/mol. The maximum atomic E-state index is 13.5. The van der Waals surface area contributed by atoms with E-state index in [2.05, 4.69) is 0 Å². The molecule has 1 atom stereocenters. The highest BCUT2D eigenvalue weighted by Gasteiger charge is 2.27. The first-order valence-corrected chi connectivity index (χ1v) is 12.1. The molecule has 0 aliphatic rings. The molecule has 1 N–H and O–H groups in total. The van der Waals surface area contributed by atoms with Crippen molar-refractivity contribution in [2.75, 3.05) is 6.54 Å². The maximum Gasteiger partial charge on any atom is 0.243 e. The molecule has 0 aliphatic carbocycles. The summed E-state index contributed by atoms with van der Waals surface area (Å²) in [5.74, 6) is 0. The van der Waals surface area contributed by atoms with Gasteiger partial charge in [0.2, 0.25) is 10.0 Å². The van der Waals surface area contributed by atoms with E-state index >= 15 is 0 Å². The fraction of sp³-hybridized carbons (Fsp3) is 0.192. The molecule has 4 rings (SSSR count). The van der Waals surface area contributed by atoms with Gasteiger partial charge in [-0.15, -0.1) is 0 Å². The van der Waals surface area contributed by atoms with Crippen molar-refractivity contribution in [1.29, 1.82) is 0 Å². The number of aromatic nitrogens is 1. The zero-order valence-electron chi connectivity index (χ0n) is 18.3. The smallest absolute Gasteiger partial charge is 0.243 e. The Morgan fingerprint density at radius 3 is 2.33 bits per heavy atom. The Labute approximate surface area is 193 Å². The quantitative estimate of drug-likeness (QED) is 0.381. The largest absolute Gasteiger partial charge is 0.390 e. The predicted octanol–water partition coefficient (Wildman–Crippen LogP) is 4.01. The van der Waals surface area contributed by atoms with Crippen LogP contribution >= 0.6 is 0 Å². The summed E-state index contributed by atoms with van der Waals surface area (Å²) in [7, 11) is -3.84. The van der Waals surface area contributed by atoms with Crippen LogP contribution in [-0.4, -0.2) is 41.3 Å². The molecule has 0 spiro atoms. The minimum atomic E-state index is -3.84. The van der Waals surface area contributed by atoms with Crippen molar-refractivity contribution in [2.45, 2.75) is 31.0 Å². The molecule has 0 unspecified atom stereocenters. The Balaban J connectivity index is 1.62. The highest BCUT2D eigenvalue weighted by molar-refractivity contribution is 7.89. The van der Waals surface area contributed by atoms with Crippen molar-refractivity contribution in [2.24, 2.45) is 0 Å². The number of aliphatic hydroxyl groups excluding tert-OH is 1. The number of carbonyl (C=O) groups excluding carboxylic acids is 1. The summed E-state index contributed by atoms with van der Waals surface area (Å²) in [5.41, 5.74) is 3.14. The van der Waals surface area contributed by atoms with E-state index in [0.717, 1.165) is 28.3 Å². The number of benzene rings is 3. The van der Waals surface area contributed by atoms with Crippen molar-refractivity contribution >= 4 is 27.2 Å². The molecular weight excluding hydrogens is 436 g/mol. The molecule has 0 radical (unpaired) electrons. The maximum absolute atomic E-state index is 13.5. The van der Waals surface area contributed by atoms with E-state index in [1.807, 2.05) is 61.5 Å². The molecule has 0 saturated carbocycles. The first-order valence-electron chi connectivity index (χ1n) is 10.7. The van der Waals surface area contributed by atoms with Crippen molar-refractivity contribution in [3.05, 3.63) is 102 Å². The molecule has 3 aromatic carbocycles. The topological polar surface area (TPSA) is 79.6 Å². The molecule has 7 heteroatoms. The van der Waals surface area contributed by atoms with E-state index in [0.29, 0.717) is 5.56 Å². The second kappa shape index (κ2) is 9.70. The zero-order chi connectivity index (χ0) is 23.4. The van der Waals surface area contributed by atoms with Crippen LogP contribution < -0.4 is 0 Å². The average Bonchev–Trinajstić information content (AvgIpc) is 3.17. The first kappa shape index (κ1) is 22.9. The van der Waals surface area contributed by atoms with Gasteiger partial charge in [0.15, 0.2) is 6.29 Å². The number of hydrogen-bond acceptors (Lipinski definition) is 4. The molecule has 0 saturated heterocycles. The SMILES string of the molecule is Cc1ccc(S(=O)(=O)N(Cc2ccccc2)C[C@@H](O)Cn2cc(C=O)c3ccccc32)cc1. The molecular formula is C26H26N2O4S. The second-order valence-electron chi connectivity index (χ2n) is 8.12. The van der Waals surface area contributed by atoms with Crippen LogP contribution in [-0.2, 0) is 23.1 Å². The van der Waals surface area contributed by atoms with Gasteiger partial charge in [0.25, 0.3) is 0 Å². The summed E-state index contributed by atoms with van der Waals surface area (Å²) in [5, 5.41) is 11.7. The van der Waals surface area contributed by atoms with E-state index in [1.165, 1.54) is 4.31 Å². The number of fused-ring (bicyclic) bond motifs is 1. The second-order valence-corrected chi connectivity index (χ2v) is 10.1. The van der Waals surface area contributed by atoms with E-state index < -0.39 is 16.1 Å². The molecule has 170 valence electrons. The fourth-order valence-electron chi connectivity index (χ4n) is 3.93. The molecule has 6 nitrogen and oxygen atoms in total. The monoisotopic (exact) mass is 462 g/mol. The highest BCUT2D eigenvalue weighted by Crippen LogP contribution is 2.22. The lowest BCUT2D eigenvalue weighted by molar-refractivity contribution is 0.112. The summed E-state index contributed by atoms with van der Waals surface area (Å²) in [6.45, 7) is 2.11. The van der Waals surface area contributed by atoms with Crippen LogP contribution in [0.2, 0.25) is 0 Å². The number of para-hydroxylation sites is 1. The third-order valence-electron chi connectivity index (χ3n) is 5.63. The van der Waals surface area contributed by atoms with Crippen LogP contribution in [0.15, 0.2) is 90.0 Å². The van der Waals surface area contributed by atoms with Gasteiger partial charge in [-0.3, -0.25) is 4.79 Å². The molecule has 4 aromatic rings. The molecule has 33 heavy (non-hydrogen) atoms. The summed E-state index contributed by atoms with van der Waals surface area (Å²) >= 11 is 0. The van der Waals surface area contributed by atoms with Crippen LogP contribution in [0.1, 0.15) is 21.5 Å². The van der Waals surface area contributed by atoms with Gasteiger partial charge in [-0.25, -0.2) is 8.42 Å². The summed E-state index contributed by atoms with van der Waals surface area (Å²) in [4.78, 5) is 11.6. The van der Waals surface area contributed by atoms with Crippen molar-refractivity contribution in [3.63, 3.8) is 0 Å². The Bertz CT molecular complexity index is 1350. The number of carbonyl (C=O) groups is 1. The van der Waals surface area contributed by atoms with Gasteiger partial charge >= 0.3 is 0 Å². The van der Waals surface area contributed by atoms with Gasteiger partial charge in [-0.1, -0.05) is 66.2 Å². The van der Waals surface area contributed by atoms with E-state index in [-0.39, 0.29) is 24.5 Å². The van der Waals surface area contributed by atoms with Gasteiger partial charge in [0.1, 0.15) is 0 Å². The third kappa shape index (κ3) is 5.06. The Kier molecular flexibility index (Phi) is 6.74.